The van der Waals surface area contributed by atoms with Crippen molar-refractivity contribution in [1.82, 2.24) is 0 Å². The van der Waals surface area contributed by atoms with E-state index in [1.54, 1.807) is 6.26 Å². The van der Waals surface area contributed by atoms with E-state index in [9.17, 15) is 0 Å². The van der Waals surface area contributed by atoms with E-state index in [4.69, 9.17) is 13.9 Å². The van der Waals surface area contributed by atoms with E-state index in [0.29, 0.717) is 13.2 Å². The number of rotatable bonds is 2. The zero-order valence-electron chi connectivity index (χ0n) is 11.3. The summed E-state index contributed by atoms with van der Waals surface area (Å²) in [7, 11) is 0. The molecule has 0 N–H and O–H groups in total. The first kappa shape index (κ1) is 12.5. The summed E-state index contributed by atoms with van der Waals surface area (Å²) in [6.07, 6.45) is 1.40. The second-order valence-electron chi connectivity index (χ2n) is 5.72. The molecule has 2 aromatic rings. The predicted molar refractivity (Wildman–Crippen MR) is 72.6 cm³/mol. The first-order chi connectivity index (χ1) is 9.14. The van der Waals surface area contributed by atoms with Crippen molar-refractivity contribution in [3.8, 4) is 11.3 Å². The first-order valence-corrected chi connectivity index (χ1v) is 6.51. The fraction of sp³-hybridized carbons (Fsp3) is 0.375. The summed E-state index contributed by atoms with van der Waals surface area (Å²) in [5, 5.41) is 0. The van der Waals surface area contributed by atoms with Gasteiger partial charge >= 0.3 is 0 Å². The van der Waals surface area contributed by atoms with E-state index in [0.717, 1.165) is 16.9 Å². The smallest absolute Gasteiger partial charge is 0.183 e. The molecule has 1 fully saturated rings. The monoisotopic (exact) mass is 258 g/mol. The lowest BCUT2D eigenvalue weighted by atomic mass is 9.95. The quantitative estimate of drug-likeness (QED) is 0.815. The highest BCUT2D eigenvalue weighted by atomic mass is 16.7. The van der Waals surface area contributed by atoms with Gasteiger partial charge in [-0.1, -0.05) is 32.0 Å². The maximum absolute atomic E-state index is 5.80. The summed E-state index contributed by atoms with van der Waals surface area (Å²) in [5.74, 6) is 0.859. The Bertz CT molecular complexity index is 533. The molecule has 1 aliphatic rings. The van der Waals surface area contributed by atoms with Gasteiger partial charge in [0, 0.05) is 16.5 Å². The van der Waals surface area contributed by atoms with Crippen molar-refractivity contribution < 1.29 is 13.9 Å². The zero-order valence-corrected chi connectivity index (χ0v) is 11.3. The van der Waals surface area contributed by atoms with Crippen LogP contribution in [-0.2, 0) is 9.47 Å². The van der Waals surface area contributed by atoms with Crippen LogP contribution in [0.4, 0.5) is 0 Å². The van der Waals surface area contributed by atoms with Crippen molar-refractivity contribution in [2.24, 2.45) is 5.41 Å². The zero-order chi connectivity index (χ0) is 13.3. The van der Waals surface area contributed by atoms with Crippen molar-refractivity contribution >= 4 is 0 Å². The number of hydrogen-bond donors (Lipinski definition) is 0. The molecule has 1 aromatic carbocycles. The van der Waals surface area contributed by atoms with Crippen LogP contribution in [0.2, 0.25) is 0 Å². The molecule has 2 heterocycles. The molecule has 1 aromatic heterocycles. The van der Waals surface area contributed by atoms with E-state index in [1.807, 2.05) is 30.3 Å². The van der Waals surface area contributed by atoms with E-state index < -0.39 is 0 Å². The molecule has 3 heteroatoms. The maximum atomic E-state index is 5.80. The van der Waals surface area contributed by atoms with Crippen LogP contribution in [0.1, 0.15) is 25.7 Å². The highest BCUT2D eigenvalue weighted by Crippen LogP contribution is 2.32. The lowest BCUT2D eigenvalue weighted by Crippen LogP contribution is -2.33. The Morgan fingerprint density at radius 1 is 1.05 bits per heavy atom. The number of ether oxygens (including phenoxy) is 2. The standard InChI is InChI=1S/C16H18O3/c1-16(2)10-18-15(19-11-16)13-6-3-5-12(9-13)14-7-4-8-17-14/h3-9,15H,10-11H2,1-2H3. The van der Waals surface area contributed by atoms with Gasteiger partial charge in [-0.15, -0.1) is 0 Å². The molecular weight excluding hydrogens is 240 g/mol. The Labute approximate surface area is 113 Å². The molecule has 0 spiro atoms. The highest BCUT2D eigenvalue weighted by Gasteiger charge is 2.29. The minimum absolute atomic E-state index is 0.0924. The fourth-order valence-corrected chi connectivity index (χ4v) is 2.17. The molecular formula is C16H18O3. The van der Waals surface area contributed by atoms with Crippen LogP contribution in [0.25, 0.3) is 11.3 Å². The molecule has 1 aliphatic heterocycles. The second kappa shape index (κ2) is 4.83. The van der Waals surface area contributed by atoms with Gasteiger partial charge in [-0.3, -0.25) is 0 Å². The van der Waals surface area contributed by atoms with Crippen LogP contribution in [0.5, 0.6) is 0 Å². The van der Waals surface area contributed by atoms with Gasteiger partial charge in [0.05, 0.1) is 19.5 Å². The molecule has 0 unspecified atom stereocenters. The third-order valence-electron chi connectivity index (χ3n) is 3.22. The van der Waals surface area contributed by atoms with Gasteiger partial charge in [-0.25, -0.2) is 0 Å². The summed E-state index contributed by atoms with van der Waals surface area (Å²) < 4.78 is 17.0. The second-order valence-corrected chi connectivity index (χ2v) is 5.72. The van der Waals surface area contributed by atoms with Crippen LogP contribution >= 0.6 is 0 Å². The molecule has 0 amide bonds. The number of hydrogen-bond acceptors (Lipinski definition) is 3. The molecule has 3 rings (SSSR count). The molecule has 19 heavy (non-hydrogen) atoms. The first-order valence-electron chi connectivity index (χ1n) is 6.51. The van der Waals surface area contributed by atoms with Crippen LogP contribution in [-0.4, -0.2) is 13.2 Å². The minimum atomic E-state index is -0.275. The highest BCUT2D eigenvalue weighted by molar-refractivity contribution is 5.58. The van der Waals surface area contributed by atoms with E-state index >= 15 is 0 Å². The summed E-state index contributed by atoms with van der Waals surface area (Å²) >= 11 is 0. The Morgan fingerprint density at radius 2 is 1.84 bits per heavy atom. The molecule has 1 saturated heterocycles. The summed E-state index contributed by atoms with van der Waals surface area (Å²) in [6, 6.07) is 11.9. The topological polar surface area (TPSA) is 31.6 Å². The van der Waals surface area contributed by atoms with Crippen molar-refractivity contribution in [3.63, 3.8) is 0 Å². The maximum Gasteiger partial charge on any atom is 0.183 e. The number of furan rings is 1. The molecule has 0 saturated carbocycles. The SMILES string of the molecule is CC1(C)COC(c2cccc(-c3ccco3)c2)OC1. The normalized spacial score (nSPS) is 19.5. The third kappa shape index (κ3) is 2.72. The van der Waals surface area contributed by atoms with Gasteiger partial charge in [-0.05, 0) is 18.2 Å². The Hall–Kier alpha value is -1.58. The Morgan fingerprint density at radius 3 is 2.53 bits per heavy atom. The van der Waals surface area contributed by atoms with Gasteiger partial charge in [-0.2, -0.15) is 0 Å². The van der Waals surface area contributed by atoms with E-state index in [1.165, 1.54) is 0 Å². The molecule has 3 nitrogen and oxygen atoms in total. The van der Waals surface area contributed by atoms with Crippen molar-refractivity contribution in [2.45, 2.75) is 20.1 Å². The lowest BCUT2D eigenvalue weighted by molar-refractivity contribution is -0.226. The average Bonchev–Trinajstić information content (AvgIpc) is 2.93. The van der Waals surface area contributed by atoms with Gasteiger partial charge in [0.2, 0.25) is 0 Å². The number of benzene rings is 1. The molecule has 0 atom stereocenters. The summed E-state index contributed by atoms with van der Waals surface area (Å²) in [5.41, 5.74) is 2.17. The molecule has 0 radical (unpaired) electrons. The Kier molecular flexibility index (Phi) is 3.17. The van der Waals surface area contributed by atoms with Crippen molar-refractivity contribution in [3.05, 3.63) is 48.2 Å². The van der Waals surface area contributed by atoms with Crippen LogP contribution in [0, 0.1) is 5.41 Å². The van der Waals surface area contributed by atoms with Gasteiger partial charge in [0.15, 0.2) is 6.29 Å². The van der Waals surface area contributed by atoms with Crippen molar-refractivity contribution in [2.75, 3.05) is 13.2 Å². The predicted octanol–water partition coefficient (Wildman–Crippen LogP) is 4.02. The average molecular weight is 258 g/mol. The lowest BCUT2D eigenvalue weighted by Gasteiger charge is -2.34. The molecule has 0 aliphatic carbocycles. The molecule has 100 valence electrons. The van der Waals surface area contributed by atoms with E-state index in [2.05, 4.69) is 19.9 Å². The van der Waals surface area contributed by atoms with Crippen molar-refractivity contribution in [1.29, 1.82) is 0 Å². The van der Waals surface area contributed by atoms with Gasteiger partial charge in [0.1, 0.15) is 5.76 Å². The summed E-state index contributed by atoms with van der Waals surface area (Å²) in [4.78, 5) is 0. The van der Waals surface area contributed by atoms with Gasteiger partial charge < -0.3 is 13.9 Å². The minimum Gasteiger partial charge on any atom is -0.464 e. The van der Waals surface area contributed by atoms with Crippen LogP contribution in [0.3, 0.4) is 0 Å². The molecule has 0 bridgehead atoms. The fourth-order valence-electron chi connectivity index (χ4n) is 2.17. The third-order valence-corrected chi connectivity index (χ3v) is 3.22. The van der Waals surface area contributed by atoms with Gasteiger partial charge in [0.25, 0.3) is 0 Å². The van der Waals surface area contributed by atoms with Crippen LogP contribution in [0.15, 0.2) is 47.1 Å². The summed E-state index contributed by atoms with van der Waals surface area (Å²) in [6.45, 7) is 5.70. The van der Waals surface area contributed by atoms with E-state index in [-0.39, 0.29) is 11.7 Å². The largest absolute Gasteiger partial charge is 0.464 e. The van der Waals surface area contributed by atoms with Crippen LogP contribution < -0.4 is 0 Å². The Balaban J connectivity index is 1.81.